The molecule has 3 aromatic carbocycles. The van der Waals surface area contributed by atoms with Gasteiger partial charge in [-0.15, -0.1) is 5.10 Å². The van der Waals surface area contributed by atoms with Gasteiger partial charge in [0.2, 0.25) is 6.04 Å². The fourth-order valence-corrected chi connectivity index (χ4v) is 7.94. The van der Waals surface area contributed by atoms with E-state index in [1.54, 1.807) is 30.3 Å². The number of carbonyl (C=O) groups excluding carboxylic acids is 5. The SMILES string of the molecule is CCCCCCCCCCCCOC(=O)C(C)OOCc1ccc(Cl)c(NC(=O)C(C(=O)Nc2cc(C(=O)OC(C)C(=O)OCCCCCCCCCCCC)ccc2Cl)n2nnc3ccccc32)c1. The number of rotatable bonds is 35. The van der Waals surface area contributed by atoms with Crippen LogP contribution in [0.15, 0.2) is 60.7 Å². The Morgan fingerprint density at radius 2 is 1.09 bits per heavy atom. The predicted octanol–water partition coefficient (Wildman–Crippen LogP) is 12.9. The van der Waals surface area contributed by atoms with Crippen molar-refractivity contribution in [2.24, 2.45) is 0 Å². The molecule has 17 heteroatoms. The molecular formula is C53H73Cl2N5O10. The number of nitrogens with zero attached hydrogens (tertiary/aromatic N) is 3. The molecule has 0 spiro atoms. The van der Waals surface area contributed by atoms with E-state index in [0.29, 0.717) is 23.2 Å². The van der Waals surface area contributed by atoms with Crippen LogP contribution in [0.3, 0.4) is 0 Å². The summed E-state index contributed by atoms with van der Waals surface area (Å²) in [5.41, 5.74) is 1.40. The number of aromatic nitrogens is 3. The van der Waals surface area contributed by atoms with E-state index in [2.05, 4.69) is 34.8 Å². The maximum absolute atomic E-state index is 14.2. The molecule has 2 amide bonds. The normalized spacial score (nSPS) is 12.5. The van der Waals surface area contributed by atoms with Crippen LogP contribution in [0.25, 0.3) is 11.0 Å². The van der Waals surface area contributed by atoms with Crippen molar-refractivity contribution in [3.05, 3.63) is 81.8 Å². The molecule has 0 aliphatic carbocycles. The first-order chi connectivity index (χ1) is 33.9. The van der Waals surface area contributed by atoms with Gasteiger partial charge in [-0.05, 0) is 74.7 Å². The summed E-state index contributed by atoms with van der Waals surface area (Å²) in [7, 11) is 0. The highest BCUT2D eigenvalue weighted by Crippen LogP contribution is 2.29. The van der Waals surface area contributed by atoms with E-state index in [1.165, 1.54) is 128 Å². The molecule has 1 heterocycles. The first-order valence-electron chi connectivity index (χ1n) is 25.3. The van der Waals surface area contributed by atoms with Gasteiger partial charge in [0.1, 0.15) is 12.1 Å². The van der Waals surface area contributed by atoms with Gasteiger partial charge in [-0.3, -0.25) is 9.59 Å². The lowest BCUT2D eigenvalue weighted by Gasteiger charge is -2.19. The first kappa shape index (κ1) is 57.5. The zero-order chi connectivity index (χ0) is 50.5. The quantitative estimate of drug-likeness (QED) is 0.0111. The highest BCUT2D eigenvalue weighted by molar-refractivity contribution is 6.35. The fourth-order valence-electron chi connectivity index (χ4n) is 7.61. The Hall–Kier alpha value is -5.09. The average molecular weight is 1010 g/mol. The summed E-state index contributed by atoms with van der Waals surface area (Å²) in [5.74, 6) is -3.81. The van der Waals surface area contributed by atoms with Crippen LogP contribution < -0.4 is 10.6 Å². The predicted molar refractivity (Wildman–Crippen MR) is 273 cm³/mol. The molecule has 4 rings (SSSR count). The number of hydrogen-bond acceptors (Lipinski definition) is 12. The number of hydrogen-bond donors (Lipinski definition) is 2. The Morgan fingerprint density at radius 1 is 0.600 bits per heavy atom. The third-order valence-corrected chi connectivity index (χ3v) is 12.4. The van der Waals surface area contributed by atoms with Crippen molar-refractivity contribution in [3.63, 3.8) is 0 Å². The van der Waals surface area contributed by atoms with Gasteiger partial charge in [-0.25, -0.2) is 28.8 Å². The molecule has 2 N–H and O–H groups in total. The monoisotopic (exact) mass is 1010 g/mol. The van der Waals surface area contributed by atoms with E-state index < -0.39 is 48.0 Å². The van der Waals surface area contributed by atoms with E-state index in [4.69, 9.17) is 47.2 Å². The molecule has 0 aliphatic heterocycles. The van der Waals surface area contributed by atoms with Gasteiger partial charge in [0.25, 0.3) is 11.8 Å². The molecule has 0 radical (unpaired) electrons. The number of unbranched alkanes of at least 4 members (excludes halogenated alkanes) is 18. The Balaban J connectivity index is 1.31. The Labute approximate surface area is 423 Å². The third-order valence-electron chi connectivity index (χ3n) is 11.7. The minimum absolute atomic E-state index is 0.0198. The molecule has 0 saturated heterocycles. The molecular weight excluding hydrogens is 938 g/mol. The topological polar surface area (TPSA) is 186 Å². The number of esters is 3. The summed E-state index contributed by atoms with van der Waals surface area (Å²) >= 11 is 13.0. The van der Waals surface area contributed by atoms with Crippen molar-refractivity contribution in [2.75, 3.05) is 23.8 Å². The van der Waals surface area contributed by atoms with Crippen molar-refractivity contribution >= 4 is 75.3 Å². The van der Waals surface area contributed by atoms with Crippen LogP contribution in [0, 0.1) is 0 Å². The second-order valence-electron chi connectivity index (χ2n) is 17.7. The lowest BCUT2D eigenvalue weighted by Crippen LogP contribution is -2.37. The van der Waals surface area contributed by atoms with Crippen LogP contribution in [0.5, 0.6) is 0 Å². The van der Waals surface area contributed by atoms with Crippen molar-refractivity contribution in [2.45, 2.75) is 181 Å². The summed E-state index contributed by atoms with van der Waals surface area (Å²) in [6, 6.07) is 13.8. The Kier molecular flexibility index (Phi) is 26.9. The summed E-state index contributed by atoms with van der Waals surface area (Å²) in [5, 5.41) is 13.8. The molecule has 1 aromatic heterocycles. The average Bonchev–Trinajstić information content (AvgIpc) is 3.77. The second kappa shape index (κ2) is 32.7. The molecule has 0 saturated carbocycles. The zero-order valence-corrected chi connectivity index (χ0v) is 43.0. The van der Waals surface area contributed by atoms with Gasteiger partial charge in [0.15, 0.2) is 12.2 Å². The molecule has 3 unspecified atom stereocenters. The van der Waals surface area contributed by atoms with Crippen LogP contribution in [-0.4, -0.2) is 70.1 Å². The highest BCUT2D eigenvalue weighted by Gasteiger charge is 2.33. The van der Waals surface area contributed by atoms with Gasteiger partial charge >= 0.3 is 17.9 Å². The van der Waals surface area contributed by atoms with Crippen LogP contribution in [-0.2, 0) is 49.8 Å². The van der Waals surface area contributed by atoms with Gasteiger partial charge in [-0.2, -0.15) is 0 Å². The molecule has 0 fully saturated rings. The Bertz CT molecular complexity index is 2240. The van der Waals surface area contributed by atoms with Gasteiger partial charge in [0, 0.05) is 0 Å². The molecule has 0 aliphatic rings. The van der Waals surface area contributed by atoms with Gasteiger partial charge < -0.3 is 24.8 Å². The molecule has 0 bridgehead atoms. The number of halogens is 2. The number of amides is 2. The summed E-state index contributed by atoms with van der Waals surface area (Å²) < 4.78 is 17.3. The van der Waals surface area contributed by atoms with E-state index >= 15 is 0 Å². The number of para-hydroxylation sites is 1. The maximum Gasteiger partial charge on any atom is 0.347 e. The van der Waals surface area contributed by atoms with Gasteiger partial charge in [-0.1, -0.05) is 176 Å². The van der Waals surface area contributed by atoms with Crippen LogP contribution in [0.2, 0.25) is 10.0 Å². The van der Waals surface area contributed by atoms with Gasteiger partial charge in [0.05, 0.1) is 45.7 Å². The minimum atomic E-state index is -1.68. The number of ether oxygens (including phenoxy) is 3. The van der Waals surface area contributed by atoms with Crippen LogP contribution in [0.4, 0.5) is 11.4 Å². The molecule has 70 heavy (non-hydrogen) atoms. The lowest BCUT2D eigenvalue weighted by molar-refractivity contribution is -0.325. The standard InChI is InChI=1S/C53H73Cl2N5O10/c1-5-7-9-11-13-15-17-19-21-25-33-66-51(63)38(3)69-53(65)41-30-32-43(55)46(36-41)57-50(62)48(60-47-28-24-23-27-44(47)58-59-60)49(61)56-45-35-40(29-31-42(45)54)37-68-70-39(4)52(64)67-34-26-22-20-18-16-14-12-10-8-6-2/h23-24,27-32,35-36,38-39,48H,5-22,25-26,33-34,37H2,1-4H3,(H,56,61)(H,57,62). The Morgan fingerprint density at radius 3 is 1.64 bits per heavy atom. The van der Waals surface area contributed by atoms with Crippen molar-refractivity contribution in [1.82, 2.24) is 15.0 Å². The lowest BCUT2D eigenvalue weighted by atomic mass is 10.1. The molecule has 15 nitrogen and oxygen atoms in total. The van der Waals surface area contributed by atoms with E-state index in [1.807, 2.05) is 0 Å². The molecule has 3 atom stereocenters. The maximum atomic E-state index is 14.2. The van der Waals surface area contributed by atoms with Crippen LogP contribution in [0.1, 0.15) is 178 Å². The number of fused-ring (bicyclic) bond motifs is 1. The van der Waals surface area contributed by atoms with Crippen molar-refractivity contribution < 1.29 is 48.0 Å². The van der Waals surface area contributed by atoms with E-state index in [-0.39, 0.29) is 40.2 Å². The first-order valence-corrected chi connectivity index (χ1v) is 26.0. The highest BCUT2D eigenvalue weighted by atomic mass is 35.5. The zero-order valence-electron chi connectivity index (χ0n) is 41.4. The van der Waals surface area contributed by atoms with Crippen LogP contribution >= 0.6 is 23.2 Å². The number of nitrogens with one attached hydrogen (secondary N) is 2. The minimum Gasteiger partial charge on any atom is -0.464 e. The molecule has 4 aromatic rings. The number of benzene rings is 3. The largest absolute Gasteiger partial charge is 0.464 e. The van der Waals surface area contributed by atoms with E-state index in [9.17, 15) is 24.0 Å². The summed E-state index contributed by atoms with van der Waals surface area (Å²) in [4.78, 5) is 77.5. The number of anilines is 2. The fraction of sp³-hybridized carbons (Fsp3) is 0.566. The van der Waals surface area contributed by atoms with Crippen molar-refractivity contribution in [1.29, 1.82) is 0 Å². The van der Waals surface area contributed by atoms with E-state index in [0.717, 1.165) is 49.6 Å². The number of carbonyl (C=O) groups is 5. The summed E-state index contributed by atoms with van der Waals surface area (Å²) in [6.45, 7) is 7.79. The van der Waals surface area contributed by atoms with Crippen molar-refractivity contribution in [3.8, 4) is 0 Å². The smallest absolute Gasteiger partial charge is 0.347 e. The second-order valence-corrected chi connectivity index (χ2v) is 18.5. The molecule has 384 valence electrons. The summed E-state index contributed by atoms with van der Waals surface area (Å²) in [6.07, 6.45) is 21.0. The third kappa shape index (κ3) is 20.3.